The smallest absolute Gasteiger partial charge is 0.388 e. The Hall–Kier alpha value is -2.72. The molecule has 7 unspecified atom stereocenters. The fourth-order valence-corrected chi connectivity index (χ4v) is 8.70. The standard InChI is InChI=1S/C31H34F3N3O3/c1-28-13-22(31(32,33)34)20-12-21-26(38)27(39)23(37(2)3)14-29(21)8-9-30(20,40-29)24(28)7-6-19(28)16-4-5-17-15-36-25(35)11-18(17)10-16/h4-6,10-12,15,23-24,26-27,38-39H,7-9,13-14H2,1-3H3,(H2,35,36). The lowest BCUT2D eigenvalue weighted by Crippen LogP contribution is -2.62. The predicted molar refractivity (Wildman–Crippen MR) is 146 cm³/mol. The molecule has 1 aromatic heterocycles. The van der Waals surface area contributed by atoms with Crippen LogP contribution in [0.25, 0.3) is 16.3 Å². The van der Waals surface area contributed by atoms with Crippen molar-refractivity contribution in [1.82, 2.24) is 9.88 Å². The molecule has 5 aliphatic rings. The molecule has 3 aliphatic carbocycles. The van der Waals surface area contributed by atoms with E-state index in [1.54, 1.807) is 18.3 Å². The highest BCUT2D eigenvalue weighted by Crippen LogP contribution is 2.70. The van der Waals surface area contributed by atoms with Crippen LogP contribution in [0.15, 0.2) is 59.3 Å². The summed E-state index contributed by atoms with van der Waals surface area (Å²) >= 11 is 0. The Kier molecular flexibility index (Phi) is 5.36. The maximum atomic E-state index is 14.9. The van der Waals surface area contributed by atoms with Crippen LogP contribution < -0.4 is 5.73 Å². The number of pyridine rings is 1. The second-order valence-electron chi connectivity index (χ2n) is 12.8. The number of nitrogen functional groups attached to an aromatic ring is 1. The third-order valence-corrected chi connectivity index (χ3v) is 10.6. The quantitative estimate of drug-likeness (QED) is 0.496. The molecule has 3 heterocycles. The molecular weight excluding hydrogens is 519 g/mol. The van der Waals surface area contributed by atoms with Crippen molar-refractivity contribution in [2.75, 3.05) is 19.8 Å². The lowest BCUT2D eigenvalue weighted by atomic mass is 9.56. The van der Waals surface area contributed by atoms with Crippen molar-refractivity contribution in [2.45, 2.75) is 74.7 Å². The van der Waals surface area contributed by atoms with E-state index < -0.39 is 40.6 Å². The van der Waals surface area contributed by atoms with Gasteiger partial charge >= 0.3 is 6.18 Å². The molecule has 7 rings (SSSR count). The normalized spacial score (nSPS) is 38.7. The number of benzene rings is 1. The molecule has 4 N–H and O–H groups in total. The molecule has 2 aromatic rings. The number of aliphatic hydroxyl groups excluding tert-OH is 2. The topological polar surface area (TPSA) is 91.8 Å². The van der Waals surface area contributed by atoms with Gasteiger partial charge in [0.25, 0.3) is 0 Å². The zero-order valence-electron chi connectivity index (χ0n) is 22.8. The minimum atomic E-state index is -4.57. The van der Waals surface area contributed by atoms with E-state index in [4.69, 9.17) is 10.5 Å². The summed E-state index contributed by atoms with van der Waals surface area (Å²) in [5.41, 5.74) is 4.81. The molecule has 6 nitrogen and oxygen atoms in total. The SMILES string of the molecule is CN(C)C1CC23CCC4(O2)C(=C(C(F)(F)F)CC2(C)C(c5ccc6cnc(N)cc6c5)=CCC24)C=C3C(O)C1O. The number of nitrogens with two attached hydrogens (primary N) is 1. The second-order valence-corrected chi connectivity index (χ2v) is 12.8. The molecule has 1 aromatic carbocycles. The Morgan fingerprint density at radius 2 is 1.90 bits per heavy atom. The maximum absolute atomic E-state index is 14.9. The average molecular weight is 554 g/mol. The van der Waals surface area contributed by atoms with Gasteiger partial charge in [0, 0.05) is 34.5 Å². The number of aliphatic hydroxyl groups is 2. The molecular formula is C31H34F3N3O3. The first-order valence-corrected chi connectivity index (χ1v) is 13.9. The molecule has 2 fully saturated rings. The third-order valence-electron chi connectivity index (χ3n) is 10.6. The zero-order valence-corrected chi connectivity index (χ0v) is 22.8. The number of hydrogen-bond donors (Lipinski definition) is 3. The van der Waals surface area contributed by atoms with Crippen LogP contribution in [0.2, 0.25) is 0 Å². The number of anilines is 1. The fraction of sp³-hybridized carbons (Fsp3) is 0.516. The summed E-state index contributed by atoms with van der Waals surface area (Å²) in [4.78, 5) is 6.02. The van der Waals surface area contributed by atoms with Gasteiger partial charge in [-0.25, -0.2) is 4.98 Å². The number of rotatable bonds is 2. The van der Waals surface area contributed by atoms with Gasteiger partial charge in [-0.15, -0.1) is 0 Å². The third kappa shape index (κ3) is 3.35. The molecule has 40 heavy (non-hydrogen) atoms. The first-order valence-electron chi connectivity index (χ1n) is 13.9. The number of halogens is 3. The Bertz CT molecular complexity index is 1530. The van der Waals surface area contributed by atoms with Gasteiger partial charge in [-0.2, -0.15) is 13.2 Å². The van der Waals surface area contributed by atoms with Gasteiger partial charge in [0.2, 0.25) is 0 Å². The van der Waals surface area contributed by atoms with Crippen molar-refractivity contribution in [2.24, 2.45) is 11.3 Å². The number of allylic oxidation sites excluding steroid dienone is 3. The van der Waals surface area contributed by atoms with Gasteiger partial charge in [0.05, 0.1) is 17.3 Å². The van der Waals surface area contributed by atoms with Crippen LogP contribution in [0.4, 0.5) is 19.0 Å². The summed E-state index contributed by atoms with van der Waals surface area (Å²) in [6, 6.07) is 7.30. The number of hydrogen-bond acceptors (Lipinski definition) is 6. The largest absolute Gasteiger partial charge is 0.413 e. The number of ether oxygens (including phenoxy) is 1. The number of aromatic nitrogens is 1. The summed E-state index contributed by atoms with van der Waals surface area (Å²) < 4.78 is 51.7. The van der Waals surface area contributed by atoms with E-state index in [9.17, 15) is 23.4 Å². The Balaban J connectivity index is 1.39. The molecule has 212 valence electrons. The molecule has 1 saturated heterocycles. The minimum Gasteiger partial charge on any atom is -0.388 e. The van der Waals surface area contributed by atoms with Crippen LogP contribution >= 0.6 is 0 Å². The summed E-state index contributed by atoms with van der Waals surface area (Å²) in [5.74, 6) is 0.191. The number of nitrogens with zero attached hydrogens (tertiary/aromatic N) is 2. The van der Waals surface area contributed by atoms with Crippen LogP contribution in [-0.4, -0.2) is 69.8 Å². The van der Waals surface area contributed by atoms with Gasteiger partial charge in [-0.1, -0.05) is 31.2 Å². The summed E-state index contributed by atoms with van der Waals surface area (Å²) in [6.45, 7) is 1.95. The molecule has 2 aliphatic heterocycles. The van der Waals surface area contributed by atoms with Crippen LogP contribution in [0.3, 0.4) is 0 Å². The Morgan fingerprint density at radius 3 is 2.62 bits per heavy atom. The van der Waals surface area contributed by atoms with Crippen LogP contribution in [0.5, 0.6) is 0 Å². The molecule has 1 saturated carbocycles. The molecule has 2 bridgehead atoms. The van der Waals surface area contributed by atoms with E-state index in [-0.39, 0.29) is 24.0 Å². The number of fused-ring (bicyclic) bond motifs is 2. The highest BCUT2D eigenvalue weighted by molar-refractivity contribution is 5.88. The van der Waals surface area contributed by atoms with Crippen LogP contribution in [0.1, 0.15) is 44.6 Å². The fourth-order valence-electron chi connectivity index (χ4n) is 8.70. The monoisotopic (exact) mass is 553 g/mol. The number of alkyl halides is 3. The first-order chi connectivity index (χ1) is 18.8. The van der Waals surface area contributed by atoms with E-state index in [2.05, 4.69) is 11.1 Å². The van der Waals surface area contributed by atoms with Crippen molar-refractivity contribution in [1.29, 1.82) is 0 Å². The highest BCUT2D eigenvalue weighted by atomic mass is 19.4. The predicted octanol–water partition coefficient (Wildman–Crippen LogP) is 4.77. The molecule has 2 spiro atoms. The zero-order chi connectivity index (χ0) is 28.4. The van der Waals surface area contributed by atoms with Gasteiger partial charge in [0.1, 0.15) is 11.9 Å². The van der Waals surface area contributed by atoms with E-state index in [0.717, 1.165) is 21.9 Å². The maximum Gasteiger partial charge on any atom is 0.413 e. The molecule has 9 heteroatoms. The van der Waals surface area contributed by atoms with Gasteiger partial charge in [0.15, 0.2) is 0 Å². The van der Waals surface area contributed by atoms with E-state index in [1.165, 1.54) is 0 Å². The summed E-state index contributed by atoms with van der Waals surface area (Å²) in [7, 11) is 3.68. The molecule has 0 radical (unpaired) electrons. The molecule has 7 atom stereocenters. The van der Waals surface area contributed by atoms with Crippen molar-refractivity contribution >= 4 is 22.2 Å². The van der Waals surface area contributed by atoms with Gasteiger partial charge < -0.3 is 25.6 Å². The second kappa shape index (κ2) is 8.18. The summed E-state index contributed by atoms with van der Waals surface area (Å²) in [5, 5.41) is 23.9. The van der Waals surface area contributed by atoms with Crippen molar-refractivity contribution in [3.8, 4) is 0 Å². The minimum absolute atomic E-state index is 0.146. The lowest BCUT2D eigenvalue weighted by Gasteiger charge is -2.57. The highest BCUT2D eigenvalue weighted by Gasteiger charge is 2.69. The average Bonchev–Trinajstić information content (AvgIpc) is 3.40. The van der Waals surface area contributed by atoms with Crippen molar-refractivity contribution in [3.05, 3.63) is 64.9 Å². The summed E-state index contributed by atoms with van der Waals surface area (Å²) in [6.07, 6.45) is 0.169. The molecule has 0 amide bonds. The van der Waals surface area contributed by atoms with Crippen molar-refractivity contribution in [3.63, 3.8) is 0 Å². The first kappa shape index (κ1) is 26.2. The van der Waals surface area contributed by atoms with Crippen molar-refractivity contribution < 1.29 is 28.1 Å². The lowest BCUT2D eigenvalue weighted by molar-refractivity contribution is -0.170. The Morgan fingerprint density at radius 1 is 1.12 bits per heavy atom. The van der Waals surface area contributed by atoms with E-state index in [1.807, 2.05) is 44.1 Å². The van der Waals surface area contributed by atoms with E-state index >= 15 is 0 Å². The Labute approximate surface area is 231 Å². The number of likely N-dealkylation sites (N-methyl/N-ethyl adjacent to an activating group) is 1. The van der Waals surface area contributed by atoms with Crippen LogP contribution in [-0.2, 0) is 4.74 Å². The van der Waals surface area contributed by atoms with E-state index in [0.29, 0.717) is 37.1 Å². The van der Waals surface area contributed by atoms with Gasteiger partial charge in [-0.3, -0.25) is 0 Å². The van der Waals surface area contributed by atoms with Gasteiger partial charge in [-0.05, 0) is 86.0 Å². The van der Waals surface area contributed by atoms with Crippen LogP contribution in [0, 0.1) is 11.3 Å².